The van der Waals surface area contributed by atoms with Gasteiger partial charge in [0.15, 0.2) is 0 Å². The maximum Gasteiger partial charge on any atom is 0.321 e. The minimum absolute atomic E-state index is 0.139. The molecule has 0 saturated carbocycles. The van der Waals surface area contributed by atoms with Crippen LogP contribution in [-0.2, 0) is 0 Å². The van der Waals surface area contributed by atoms with Crippen LogP contribution in [0.1, 0.15) is 34.1 Å². The van der Waals surface area contributed by atoms with Gasteiger partial charge in [0.25, 0.3) is 0 Å². The minimum Gasteiger partial charge on any atom is -0.391 e. The molecule has 23 heavy (non-hydrogen) atoms. The van der Waals surface area contributed by atoms with Gasteiger partial charge in [0.05, 0.1) is 6.10 Å². The predicted molar refractivity (Wildman–Crippen MR) is 95.0 cm³/mol. The Morgan fingerprint density at radius 2 is 2.04 bits per heavy atom. The lowest BCUT2D eigenvalue weighted by atomic mass is 9.96. The molecule has 0 spiro atoms. The first-order valence-electron chi connectivity index (χ1n) is 8.53. The Morgan fingerprint density at radius 3 is 2.57 bits per heavy atom. The van der Waals surface area contributed by atoms with E-state index in [1.165, 1.54) is 0 Å². The van der Waals surface area contributed by atoms with Gasteiger partial charge in [-0.25, -0.2) is 4.79 Å². The van der Waals surface area contributed by atoms with Crippen LogP contribution in [0.25, 0.3) is 0 Å². The van der Waals surface area contributed by atoms with E-state index in [0.717, 1.165) is 24.3 Å². The standard InChI is InChI=1S/C18H29N3O2/c1-5-21(13(2)3)16-8-6-15(7-9-16)19-18(23)20-11-10-14(4)17(22)12-20/h6-9,13-14,17,22H,5,10-12H2,1-4H3,(H,19,23). The Hall–Kier alpha value is -1.75. The Kier molecular flexibility index (Phi) is 5.88. The number of likely N-dealkylation sites (tertiary alicyclic amines) is 1. The lowest BCUT2D eigenvalue weighted by Gasteiger charge is -2.34. The number of hydrogen-bond acceptors (Lipinski definition) is 3. The van der Waals surface area contributed by atoms with Gasteiger partial charge >= 0.3 is 6.03 Å². The maximum absolute atomic E-state index is 12.3. The zero-order valence-electron chi connectivity index (χ0n) is 14.6. The van der Waals surface area contributed by atoms with Crippen molar-refractivity contribution in [3.63, 3.8) is 0 Å². The Labute approximate surface area is 139 Å². The number of carbonyl (C=O) groups is 1. The number of aliphatic hydroxyl groups excluding tert-OH is 1. The molecule has 1 aliphatic heterocycles. The molecule has 1 fully saturated rings. The number of benzene rings is 1. The van der Waals surface area contributed by atoms with Crippen LogP contribution in [0.3, 0.4) is 0 Å². The third kappa shape index (κ3) is 4.38. The molecule has 2 rings (SSSR count). The highest BCUT2D eigenvalue weighted by Gasteiger charge is 2.27. The molecule has 128 valence electrons. The molecule has 5 heteroatoms. The monoisotopic (exact) mass is 319 g/mol. The quantitative estimate of drug-likeness (QED) is 0.896. The largest absolute Gasteiger partial charge is 0.391 e. The summed E-state index contributed by atoms with van der Waals surface area (Å²) in [5.74, 6) is 0.259. The number of aliphatic hydroxyl groups is 1. The van der Waals surface area contributed by atoms with Crippen molar-refractivity contribution in [2.75, 3.05) is 29.9 Å². The average molecular weight is 319 g/mol. The molecule has 1 aliphatic rings. The predicted octanol–water partition coefficient (Wildman–Crippen LogP) is 3.16. The molecule has 5 nitrogen and oxygen atoms in total. The molecule has 0 aliphatic carbocycles. The first-order chi connectivity index (χ1) is 10.9. The molecule has 1 heterocycles. The molecule has 2 N–H and O–H groups in total. The zero-order valence-corrected chi connectivity index (χ0v) is 14.6. The minimum atomic E-state index is -0.430. The Bertz CT molecular complexity index is 516. The summed E-state index contributed by atoms with van der Waals surface area (Å²) < 4.78 is 0. The highest BCUT2D eigenvalue weighted by atomic mass is 16.3. The molecule has 2 unspecified atom stereocenters. The number of urea groups is 1. The van der Waals surface area contributed by atoms with Gasteiger partial charge in [-0.1, -0.05) is 6.92 Å². The fourth-order valence-electron chi connectivity index (χ4n) is 3.02. The van der Waals surface area contributed by atoms with E-state index in [0.29, 0.717) is 19.1 Å². The van der Waals surface area contributed by atoms with Gasteiger partial charge in [-0.15, -0.1) is 0 Å². The first-order valence-corrected chi connectivity index (χ1v) is 8.53. The molecule has 2 atom stereocenters. The summed E-state index contributed by atoms with van der Waals surface area (Å²) in [6.45, 7) is 10.5. The summed E-state index contributed by atoms with van der Waals surface area (Å²) in [4.78, 5) is 16.3. The SMILES string of the molecule is CCN(c1ccc(NC(=O)N2CCC(C)C(O)C2)cc1)C(C)C. The number of carbonyl (C=O) groups excluding carboxylic acids is 1. The summed E-state index contributed by atoms with van der Waals surface area (Å²) in [5, 5.41) is 12.8. The van der Waals surface area contributed by atoms with Gasteiger partial charge in [-0.3, -0.25) is 0 Å². The summed E-state index contributed by atoms with van der Waals surface area (Å²) in [7, 11) is 0. The van der Waals surface area contributed by atoms with Crippen LogP contribution in [-0.4, -0.2) is 47.8 Å². The Morgan fingerprint density at radius 1 is 1.39 bits per heavy atom. The number of rotatable bonds is 4. The van der Waals surface area contributed by atoms with Crippen molar-refractivity contribution >= 4 is 17.4 Å². The summed E-state index contributed by atoms with van der Waals surface area (Å²) in [6.07, 6.45) is 0.411. The van der Waals surface area contributed by atoms with E-state index in [2.05, 4.69) is 31.0 Å². The van der Waals surface area contributed by atoms with E-state index in [1.807, 2.05) is 31.2 Å². The number of nitrogens with one attached hydrogen (secondary N) is 1. The highest BCUT2D eigenvalue weighted by Crippen LogP contribution is 2.21. The van der Waals surface area contributed by atoms with Crippen LogP contribution in [0.2, 0.25) is 0 Å². The number of hydrogen-bond donors (Lipinski definition) is 2. The lowest BCUT2D eigenvalue weighted by molar-refractivity contribution is 0.0464. The van der Waals surface area contributed by atoms with Gasteiger partial charge in [0.2, 0.25) is 0 Å². The van der Waals surface area contributed by atoms with Crippen molar-refractivity contribution in [2.45, 2.75) is 46.3 Å². The highest BCUT2D eigenvalue weighted by molar-refractivity contribution is 5.89. The van der Waals surface area contributed by atoms with Crippen LogP contribution in [0, 0.1) is 5.92 Å². The van der Waals surface area contributed by atoms with Crippen LogP contribution in [0.4, 0.5) is 16.2 Å². The van der Waals surface area contributed by atoms with Crippen LogP contribution in [0.15, 0.2) is 24.3 Å². The molecular formula is C18H29N3O2. The normalized spacial score (nSPS) is 21.4. The molecule has 1 saturated heterocycles. The number of β-amino-alcohol motifs (C(OH)–C–C–N with tert-alkyl or cyclic N) is 1. The van der Waals surface area contributed by atoms with E-state index in [9.17, 15) is 9.90 Å². The third-order valence-electron chi connectivity index (χ3n) is 4.62. The number of anilines is 2. The molecule has 1 aromatic rings. The Balaban J connectivity index is 1.96. The molecule has 0 radical (unpaired) electrons. The first kappa shape index (κ1) is 17.6. The van der Waals surface area contributed by atoms with Crippen molar-refractivity contribution in [3.8, 4) is 0 Å². The molecule has 0 aromatic heterocycles. The van der Waals surface area contributed by atoms with Crippen LogP contribution in [0.5, 0.6) is 0 Å². The van der Waals surface area contributed by atoms with E-state index in [4.69, 9.17) is 0 Å². The average Bonchev–Trinajstić information content (AvgIpc) is 2.52. The smallest absolute Gasteiger partial charge is 0.321 e. The van der Waals surface area contributed by atoms with Crippen LogP contribution >= 0.6 is 0 Å². The summed E-state index contributed by atoms with van der Waals surface area (Å²) in [5.41, 5.74) is 1.94. The second-order valence-electron chi connectivity index (χ2n) is 6.64. The summed E-state index contributed by atoms with van der Waals surface area (Å²) in [6, 6.07) is 8.23. The number of nitrogens with zero attached hydrogens (tertiary/aromatic N) is 2. The lowest BCUT2D eigenvalue weighted by Crippen LogP contribution is -2.47. The van der Waals surface area contributed by atoms with Crippen molar-refractivity contribution < 1.29 is 9.90 Å². The van der Waals surface area contributed by atoms with Gasteiger partial charge in [0.1, 0.15) is 0 Å². The van der Waals surface area contributed by atoms with Crippen molar-refractivity contribution in [2.24, 2.45) is 5.92 Å². The van der Waals surface area contributed by atoms with Gasteiger partial charge < -0.3 is 20.2 Å². The second-order valence-corrected chi connectivity index (χ2v) is 6.64. The molecule has 2 amide bonds. The van der Waals surface area contributed by atoms with Crippen molar-refractivity contribution in [1.82, 2.24) is 4.90 Å². The fourth-order valence-corrected chi connectivity index (χ4v) is 3.02. The molecular weight excluding hydrogens is 290 g/mol. The van der Waals surface area contributed by atoms with E-state index in [1.54, 1.807) is 4.90 Å². The number of piperidine rings is 1. The summed E-state index contributed by atoms with van der Waals surface area (Å²) >= 11 is 0. The molecule has 1 aromatic carbocycles. The zero-order chi connectivity index (χ0) is 17.0. The van der Waals surface area contributed by atoms with Gasteiger partial charge in [0, 0.05) is 37.1 Å². The van der Waals surface area contributed by atoms with E-state index < -0.39 is 6.10 Å². The van der Waals surface area contributed by atoms with Crippen molar-refractivity contribution in [1.29, 1.82) is 0 Å². The maximum atomic E-state index is 12.3. The van der Waals surface area contributed by atoms with Crippen LogP contribution < -0.4 is 10.2 Å². The molecule has 0 bridgehead atoms. The fraction of sp³-hybridized carbons (Fsp3) is 0.611. The van der Waals surface area contributed by atoms with Gasteiger partial charge in [-0.2, -0.15) is 0 Å². The van der Waals surface area contributed by atoms with E-state index in [-0.39, 0.29) is 11.9 Å². The topological polar surface area (TPSA) is 55.8 Å². The van der Waals surface area contributed by atoms with E-state index >= 15 is 0 Å². The third-order valence-corrected chi connectivity index (χ3v) is 4.62. The van der Waals surface area contributed by atoms with Gasteiger partial charge in [-0.05, 0) is 57.4 Å². The second kappa shape index (κ2) is 7.68. The van der Waals surface area contributed by atoms with Crippen molar-refractivity contribution in [3.05, 3.63) is 24.3 Å². The number of amides is 2.